The molecular formula is C19H26N4O. The summed E-state index contributed by atoms with van der Waals surface area (Å²) in [5.74, 6) is 0.866. The summed E-state index contributed by atoms with van der Waals surface area (Å²) in [7, 11) is 0. The number of imidazole rings is 1. The molecule has 128 valence electrons. The molecule has 5 nitrogen and oxygen atoms in total. The zero-order valence-corrected chi connectivity index (χ0v) is 14.3. The fraction of sp³-hybridized carbons (Fsp3) is 0.474. The van der Waals surface area contributed by atoms with Crippen LogP contribution in [0.4, 0.5) is 0 Å². The Morgan fingerprint density at radius 1 is 1.25 bits per heavy atom. The molecule has 1 N–H and O–H groups in total. The Hall–Kier alpha value is -2.14. The van der Waals surface area contributed by atoms with Crippen LogP contribution in [0.1, 0.15) is 36.5 Å². The largest absolute Gasteiger partial charge is 0.352 e. The van der Waals surface area contributed by atoms with E-state index in [2.05, 4.69) is 22.1 Å². The fourth-order valence-corrected chi connectivity index (χ4v) is 3.09. The SMILES string of the molecule is CC1CCN(CCCNC(=O)c2ccc(-n3ccnc3)cc2)CC1. The van der Waals surface area contributed by atoms with Crippen LogP contribution < -0.4 is 5.32 Å². The number of amides is 1. The van der Waals surface area contributed by atoms with Gasteiger partial charge in [0.25, 0.3) is 5.91 Å². The first kappa shape index (κ1) is 16.7. The molecule has 1 aliphatic heterocycles. The number of carbonyl (C=O) groups excluding carboxylic acids is 1. The lowest BCUT2D eigenvalue weighted by Gasteiger charge is -2.30. The van der Waals surface area contributed by atoms with E-state index in [9.17, 15) is 4.79 Å². The molecule has 1 saturated heterocycles. The highest BCUT2D eigenvalue weighted by atomic mass is 16.1. The van der Waals surface area contributed by atoms with Gasteiger partial charge in [-0.3, -0.25) is 4.79 Å². The first-order chi connectivity index (χ1) is 11.7. The molecule has 1 aromatic carbocycles. The van der Waals surface area contributed by atoms with E-state index < -0.39 is 0 Å². The van der Waals surface area contributed by atoms with Gasteiger partial charge in [-0.2, -0.15) is 0 Å². The minimum absolute atomic E-state index is 0.000512. The quantitative estimate of drug-likeness (QED) is 0.831. The summed E-state index contributed by atoms with van der Waals surface area (Å²) < 4.78 is 1.92. The van der Waals surface area contributed by atoms with Crippen LogP contribution in [0.2, 0.25) is 0 Å². The highest BCUT2D eigenvalue weighted by molar-refractivity contribution is 5.94. The van der Waals surface area contributed by atoms with Crippen molar-refractivity contribution in [3.63, 3.8) is 0 Å². The molecule has 1 aliphatic rings. The number of aromatic nitrogens is 2. The molecule has 1 fully saturated rings. The molecule has 0 radical (unpaired) electrons. The number of nitrogens with one attached hydrogen (secondary N) is 1. The van der Waals surface area contributed by atoms with E-state index in [1.807, 2.05) is 35.0 Å². The van der Waals surface area contributed by atoms with E-state index in [4.69, 9.17) is 0 Å². The molecule has 3 rings (SSSR count). The van der Waals surface area contributed by atoms with Crippen LogP contribution >= 0.6 is 0 Å². The van der Waals surface area contributed by atoms with Crippen molar-refractivity contribution < 1.29 is 4.79 Å². The Balaban J connectivity index is 1.40. The summed E-state index contributed by atoms with van der Waals surface area (Å²) in [4.78, 5) is 18.7. The lowest BCUT2D eigenvalue weighted by Crippen LogP contribution is -2.35. The zero-order chi connectivity index (χ0) is 16.8. The Morgan fingerprint density at radius 2 is 2.00 bits per heavy atom. The fourth-order valence-electron chi connectivity index (χ4n) is 3.09. The second-order valence-electron chi connectivity index (χ2n) is 6.65. The van der Waals surface area contributed by atoms with Crippen molar-refractivity contribution in [2.45, 2.75) is 26.2 Å². The first-order valence-corrected chi connectivity index (χ1v) is 8.81. The molecule has 0 spiro atoms. The number of likely N-dealkylation sites (tertiary alicyclic amines) is 1. The topological polar surface area (TPSA) is 50.2 Å². The third kappa shape index (κ3) is 4.45. The summed E-state index contributed by atoms with van der Waals surface area (Å²) in [5.41, 5.74) is 1.70. The van der Waals surface area contributed by atoms with Crippen molar-refractivity contribution >= 4 is 5.91 Å². The standard InChI is InChI=1S/C19H26N4O/c1-16-7-12-22(13-8-16)11-2-9-21-19(24)17-3-5-18(6-4-17)23-14-10-20-15-23/h3-6,10,14-16H,2,7-9,11-13H2,1H3,(H,21,24). The van der Waals surface area contributed by atoms with Crippen LogP contribution in [-0.4, -0.2) is 46.5 Å². The van der Waals surface area contributed by atoms with Crippen LogP contribution in [0.25, 0.3) is 5.69 Å². The van der Waals surface area contributed by atoms with Gasteiger partial charge in [-0.05, 0) is 69.1 Å². The smallest absolute Gasteiger partial charge is 0.251 e. The van der Waals surface area contributed by atoms with Gasteiger partial charge in [0.2, 0.25) is 0 Å². The molecule has 1 amide bonds. The van der Waals surface area contributed by atoms with E-state index >= 15 is 0 Å². The molecule has 5 heteroatoms. The third-order valence-corrected chi connectivity index (χ3v) is 4.74. The van der Waals surface area contributed by atoms with Crippen molar-refractivity contribution in [3.05, 3.63) is 48.5 Å². The molecule has 24 heavy (non-hydrogen) atoms. The maximum atomic E-state index is 12.2. The second kappa shape index (κ2) is 8.11. The van der Waals surface area contributed by atoms with Crippen molar-refractivity contribution in [1.82, 2.24) is 19.8 Å². The summed E-state index contributed by atoms with van der Waals surface area (Å²) >= 11 is 0. The van der Waals surface area contributed by atoms with E-state index in [1.165, 1.54) is 25.9 Å². The number of nitrogens with zero attached hydrogens (tertiary/aromatic N) is 3. The Kier molecular flexibility index (Phi) is 5.64. The van der Waals surface area contributed by atoms with E-state index in [1.54, 1.807) is 12.5 Å². The van der Waals surface area contributed by atoms with Crippen LogP contribution in [0.3, 0.4) is 0 Å². The van der Waals surface area contributed by atoms with Gasteiger partial charge in [-0.15, -0.1) is 0 Å². The maximum absolute atomic E-state index is 12.2. The lowest BCUT2D eigenvalue weighted by molar-refractivity contribution is 0.0950. The molecule has 0 bridgehead atoms. The molecule has 0 saturated carbocycles. The van der Waals surface area contributed by atoms with Crippen LogP contribution in [0.15, 0.2) is 43.0 Å². The highest BCUT2D eigenvalue weighted by Gasteiger charge is 2.14. The van der Waals surface area contributed by atoms with Gasteiger partial charge in [-0.25, -0.2) is 4.98 Å². The third-order valence-electron chi connectivity index (χ3n) is 4.74. The number of rotatable bonds is 6. The average Bonchev–Trinajstić information content (AvgIpc) is 3.15. The molecule has 0 atom stereocenters. The Labute approximate surface area is 143 Å². The maximum Gasteiger partial charge on any atom is 0.251 e. The van der Waals surface area contributed by atoms with Gasteiger partial charge in [-0.1, -0.05) is 6.92 Å². The lowest BCUT2D eigenvalue weighted by atomic mass is 9.99. The van der Waals surface area contributed by atoms with Gasteiger partial charge >= 0.3 is 0 Å². The summed E-state index contributed by atoms with van der Waals surface area (Å²) in [6, 6.07) is 7.59. The zero-order valence-electron chi connectivity index (χ0n) is 14.3. The normalized spacial score (nSPS) is 16.2. The average molecular weight is 326 g/mol. The summed E-state index contributed by atoms with van der Waals surface area (Å²) in [5, 5.41) is 3.02. The second-order valence-corrected chi connectivity index (χ2v) is 6.65. The number of hydrogen-bond acceptors (Lipinski definition) is 3. The number of carbonyl (C=O) groups is 1. The van der Waals surface area contributed by atoms with Crippen molar-refractivity contribution in [2.24, 2.45) is 5.92 Å². The number of hydrogen-bond donors (Lipinski definition) is 1. The molecule has 0 aliphatic carbocycles. The Bertz CT molecular complexity index is 628. The monoisotopic (exact) mass is 326 g/mol. The number of piperidine rings is 1. The van der Waals surface area contributed by atoms with Crippen LogP contribution in [-0.2, 0) is 0 Å². The molecule has 0 unspecified atom stereocenters. The van der Waals surface area contributed by atoms with Gasteiger partial charge < -0.3 is 14.8 Å². The predicted molar refractivity (Wildman–Crippen MR) is 95.4 cm³/mol. The van der Waals surface area contributed by atoms with E-state index in [0.717, 1.165) is 31.1 Å². The van der Waals surface area contributed by atoms with Crippen LogP contribution in [0.5, 0.6) is 0 Å². The first-order valence-electron chi connectivity index (χ1n) is 8.81. The Morgan fingerprint density at radius 3 is 2.67 bits per heavy atom. The van der Waals surface area contributed by atoms with Crippen molar-refractivity contribution in [3.8, 4) is 5.69 Å². The molecule has 1 aromatic heterocycles. The predicted octanol–water partition coefficient (Wildman–Crippen LogP) is 2.72. The minimum atomic E-state index is -0.000512. The van der Waals surface area contributed by atoms with Crippen LogP contribution in [0, 0.1) is 5.92 Å². The number of benzene rings is 1. The van der Waals surface area contributed by atoms with E-state index in [0.29, 0.717) is 5.56 Å². The van der Waals surface area contributed by atoms with Gasteiger partial charge in [0.1, 0.15) is 0 Å². The van der Waals surface area contributed by atoms with Gasteiger partial charge in [0, 0.05) is 30.2 Å². The molecule has 2 heterocycles. The minimum Gasteiger partial charge on any atom is -0.352 e. The summed E-state index contributed by atoms with van der Waals surface area (Å²) in [6.45, 7) is 6.53. The summed E-state index contributed by atoms with van der Waals surface area (Å²) in [6.07, 6.45) is 8.98. The molecule has 2 aromatic rings. The highest BCUT2D eigenvalue weighted by Crippen LogP contribution is 2.15. The van der Waals surface area contributed by atoms with E-state index in [-0.39, 0.29) is 5.91 Å². The van der Waals surface area contributed by atoms with Crippen molar-refractivity contribution in [1.29, 1.82) is 0 Å². The van der Waals surface area contributed by atoms with Gasteiger partial charge in [0.15, 0.2) is 0 Å². The molecular weight excluding hydrogens is 300 g/mol. The van der Waals surface area contributed by atoms with Crippen molar-refractivity contribution in [2.75, 3.05) is 26.2 Å². The van der Waals surface area contributed by atoms with Gasteiger partial charge in [0.05, 0.1) is 6.33 Å².